The number of carbonyl (C=O) groups is 1. The Morgan fingerprint density at radius 1 is 1.22 bits per heavy atom. The van der Waals surface area contributed by atoms with Gasteiger partial charge < -0.3 is 15.5 Å². The third-order valence-electron chi connectivity index (χ3n) is 3.00. The minimum Gasteiger partial charge on any atom is -0.416 e. The van der Waals surface area contributed by atoms with Crippen molar-refractivity contribution in [2.45, 2.75) is 30.9 Å². The van der Waals surface area contributed by atoms with E-state index in [1.54, 1.807) is 0 Å². The van der Waals surface area contributed by atoms with E-state index in [9.17, 15) is 4.79 Å². The molecule has 0 aliphatic heterocycles. The quantitative estimate of drug-likeness (QED) is 0.497. The average molecular weight is 399 g/mol. The number of thioether (sulfide) groups is 1. The van der Waals surface area contributed by atoms with Crippen LogP contribution in [0.4, 0.5) is 5.69 Å². The van der Waals surface area contributed by atoms with Crippen LogP contribution in [0.15, 0.2) is 38.4 Å². The summed E-state index contributed by atoms with van der Waals surface area (Å²) < 4.78 is 6.47. The Hall–Kier alpha value is -1.38. The van der Waals surface area contributed by atoms with Crippen molar-refractivity contribution >= 4 is 39.3 Å². The maximum Gasteiger partial charge on any atom is 0.277 e. The molecule has 23 heavy (non-hydrogen) atoms. The summed E-state index contributed by atoms with van der Waals surface area (Å²) in [4.78, 5) is 11.9. The van der Waals surface area contributed by atoms with Gasteiger partial charge >= 0.3 is 0 Å². The van der Waals surface area contributed by atoms with Crippen molar-refractivity contribution in [3.8, 4) is 0 Å². The molecule has 1 aromatic carbocycles. The van der Waals surface area contributed by atoms with Gasteiger partial charge in [-0.3, -0.25) is 4.79 Å². The fourth-order valence-corrected chi connectivity index (χ4v) is 2.70. The molecule has 0 spiro atoms. The first kappa shape index (κ1) is 18.0. The lowest BCUT2D eigenvalue weighted by Gasteiger charge is -2.03. The fraction of sp³-hybridized carbons (Fsp3) is 0.400. The van der Waals surface area contributed by atoms with E-state index >= 15 is 0 Å². The highest BCUT2D eigenvalue weighted by molar-refractivity contribution is 9.10. The molecular weight excluding hydrogens is 380 g/mol. The molecule has 0 radical (unpaired) electrons. The van der Waals surface area contributed by atoms with Crippen LogP contribution < -0.4 is 11.1 Å². The monoisotopic (exact) mass is 398 g/mol. The Kier molecular flexibility index (Phi) is 7.57. The lowest BCUT2D eigenvalue weighted by Crippen LogP contribution is -2.13. The third kappa shape index (κ3) is 6.72. The lowest BCUT2D eigenvalue weighted by atomic mass is 10.2. The molecule has 0 fully saturated rings. The first-order chi connectivity index (χ1) is 11.2. The van der Waals surface area contributed by atoms with Gasteiger partial charge in [0.15, 0.2) is 0 Å². The summed E-state index contributed by atoms with van der Waals surface area (Å²) in [7, 11) is 0. The number of halogens is 1. The molecule has 0 aliphatic rings. The van der Waals surface area contributed by atoms with E-state index in [1.165, 1.54) is 11.8 Å². The van der Waals surface area contributed by atoms with Crippen LogP contribution in [0.5, 0.6) is 0 Å². The largest absolute Gasteiger partial charge is 0.416 e. The number of carbonyl (C=O) groups excluding carboxylic acids is 1. The van der Waals surface area contributed by atoms with E-state index in [-0.39, 0.29) is 11.7 Å². The molecule has 0 atom stereocenters. The molecular formula is C15H19BrN4O2S. The highest BCUT2D eigenvalue weighted by Gasteiger charge is 2.10. The predicted molar refractivity (Wildman–Crippen MR) is 94.4 cm³/mol. The van der Waals surface area contributed by atoms with Gasteiger partial charge in [-0.15, -0.1) is 10.2 Å². The SMILES string of the molecule is NCCCCCc1nnc(SCC(=O)Nc2ccc(Br)cc2)o1. The van der Waals surface area contributed by atoms with Gasteiger partial charge in [0, 0.05) is 16.6 Å². The van der Waals surface area contributed by atoms with Gasteiger partial charge in [-0.2, -0.15) is 0 Å². The minimum absolute atomic E-state index is 0.111. The zero-order chi connectivity index (χ0) is 16.5. The number of aromatic nitrogens is 2. The second kappa shape index (κ2) is 9.69. The van der Waals surface area contributed by atoms with Gasteiger partial charge in [-0.1, -0.05) is 34.1 Å². The van der Waals surface area contributed by atoms with E-state index in [0.29, 0.717) is 17.7 Å². The first-order valence-corrected chi connectivity index (χ1v) is 9.16. The zero-order valence-corrected chi connectivity index (χ0v) is 15.0. The summed E-state index contributed by atoms with van der Waals surface area (Å²) in [6, 6.07) is 7.41. The smallest absolute Gasteiger partial charge is 0.277 e. The molecule has 1 aromatic heterocycles. The number of rotatable bonds is 9. The summed E-state index contributed by atoms with van der Waals surface area (Å²) in [5.74, 6) is 0.725. The molecule has 0 saturated heterocycles. The molecule has 2 aromatic rings. The van der Waals surface area contributed by atoms with Crippen molar-refractivity contribution in [3.63, 3.8) is 0 Å². The highest BCUT2D eigenvalue weighted by Crippen LogP contribution is 2.18. The number of nitrogens with zero attached hydrogens (tertiary/aromatic N) is 2. The van der Waals surface area contributed by atoms with Crippen LogP contribution in [0.3, 0.4) is 0 Å². The second-order valence-corrected chi connectivity index (χ2v) is 6.75. The van der Waals surface area contributed by atoms with Crippen LogP contribution in [0, 0.1) is 0 Å². The fourth-order valence-electron chi connectivity index (χ4n) is 1.85. The molecule has 0 unspecified atom stereocenters. The molecule has 8 heteroatoms. The number of anilines is 1. The molecule has 0 aliphatic carbocycles. The molecule has 1 heterocycles. The highest BCUT2D eigenvalue weighted by atomic mass is 79.9. The van der Waals surface area contributed by atoms with E-state index in [4.69, 9.17) is 10.2 Å². The topological polar surface area (TPSA) is 94.0 Å². The average Bonchev–Trinajstić information content (AvgIpc) is 3.00. The van der Waals surface area contributed by atoms with Crippen molar-refractivity contribution in [1.29, 1.82) is 0 Å². The van der Waals surface area contributed by atoms with E-state index in [2.05, 4.69) is 31.4 Å². The van der Waals surface area contributed by atoms with Gasteiger partial charge in [0.2, 0.25) is 11.8 Å². The molecule has 124 valence electrons. The van der Waals surface area contributed by atoms with E-state index < -0.39 is 0 Å². The van der Waals surface area contributed by atoms with E-state index in [1.807, 2.05) is 24.3 Å². The number of nitrogens with one attached hydrogen (secondary N) is 1. The van der Waals surface area contributed by atoms with Gasteiger partial charge in [0.25, 0.3) is 5.22 Å². The Labute approximate surface area is 147 Å². The summed E-state index contributed by atoms with van der Waals surface area (Å²) >= 11 is 4.59. The zero-order valence-electron chi connectivity index (χ0n) is 12.6. The Bertz CT molecular complexity index is 618. The van der Waals surface area contributed by atoms with Crippen LogP contribution in [-0.2, 0) is 11.2 Å². The van der Waals surface area contributed by atoms with Crippen molar-refractivity contribution in [3.05, 3.63) is 34.6 Å². The predicted octanol–water partition coefficient (Wildman–Crippen LogP) is 3.23. The van der Waals surface area contributed by atoms with Gasteiger partial charge in [0.1, 0.15) is 0 Å². The number of unbranched alkanes of at least 4 members (excludes halogenated alkanes) is 2. The first-order valence-electron chi connectivity index (χ1n) is 7.38. The van der Waals surface area contributed by atoms with Gasteiger partial charge in [-0.25, -0.2) is 0 Å². The van der Waals surface area contributed by atoms with Crippen LogP contribution in [0.25, 0.3) is 0 Å². The molecule has 0 bridgehead atoms. The Balaban J connectivity index is 1.71. The Morgan fingerprint density at radius 3 is 2.74 bits per heavy atom. The minimum atomic E-state index is -0.111. The second-order valence-electron chi connectivity index (χ2n) is 4.90. The summed E-state index contributed by atoms with van der Waals surface area (Å²) in [6.45, 7) is 0.707. The number of aryl methyl sites for hydroxylation is 1. The van der Waals surface area contributed by atoms with Crippen molar-refractivity contribution in [2.75, 3.05) is 17.6 Å². The van der Waals surface area contributed by atoms with Crippen LogP contribution in [0.2, 0.25) is 0 Å². The number of hydrogen-bond donors (Lipinski definition) is 2. The molecule has 2 rings (SSSR count). The molecule has 1 amide bonds. The summed E-state index contributed by atoms with van der Waals surface area (Å²) in [5, 5.41) is 11.2. The number of benzene rings is 1. The maximum absolute atomic E-state index is 11.9. The number of nitrogens with two attached hydrogens (primary N) is 1. The molecule has 6 nitrogen and oxygen atoms in total. The summed E-state index contributed by atoms with van der Waals surface area (Å²) in [5.41, 5.74) is 6.20. The van der Waals surface area contributed by atoms with Crippen molar-refractivity contribution in [2.24, 2.45) is 5.73 Å². The van der Waals surface area contributed by atoms with Crippen LogP contribution >= 0.6 is 27.7 Å². The normalized spacial score (nSPS) is 10.7. The number of amides is 1. The molecule has 3 N–H and O–H groups in total. The van der Waals surface area contributed by atoms with Crippen molar-refractivity contribution < 1.29 is 9.21 Å². The lowest BCUT2D eigenvalue weighted by molar-refractivity contribution is -0.113. The Morgan fingerprint density at radius 2 is 2.00 bits per heavy atom. The maximum atomic E-state index is 11.9. The van der Waals surface area contributed by atoms with Crippen LogP contribution in [-0.4, -0.2) is 28.4 Å². The third-order valence-corrected chi connectivity index (χ3v) is 4.34. The van der Waals surface area contributed by atoms with Crippen molar-refractivity contribution in [1.82, 2.24) is 10.2 Å². The van der Waals surface area contributed by atoms with Crippen LogP contribution in [0.1, 0.15) is 25.2 Å². The number of hydrogen-bond acceptors (Lipinski definition) is 6. The van der Waals surface area contributed by atoms with E-state index in [0.717, 1.165) is 35.8 Å². The van der Waals surface area contributed by atoms with Gasteiger partial charge in [0.05, 0.1) is 5.75 Å². The standard InChI is InChI=1S/C15H19BrN4O2S/c16-11-5-7-12(8-6-11)18-13(21)10-23-15-20-19-14(22-15)4-2-1-3-9-17/h5-8H,1-4,9-10,17H2,(H,18,21). The van der Waals surface area contributed by atoms with Gasteiger partial charge in [-0.05, 0) is 43.7 Å². The summed E-state index contributed by atoms with van der Waals surface area (Å²) in [6.07, 6.45) is 3.79. The molecule has 0 saturated carbocycles.